The van der Waals surface area contributed by atoms with Crippen molar-refractivity contribution in [3.8, 4) is 6.07 Å². The van der Waals surface area contributed by atoms with Crippen LogP contribution >= 0.6 is 0 Å². The van der Waals surface area contributed by atoms with E-state index in [1.807, 2.05) is 0 Å². The lowest BCUT2D eigenvalue weighted by Crippen LogP contribution is -2.45. The molecule has 9 heteroatoms. The SMILES string of the molecule is N#Cc1ccc(S(=O)(=O)NC2CCCCC2O)cc1C(F)(F)F. The highest BCUT2D eigenvalue weighted by molar-refractivity contribution is 7.89. The number of aliphatic hydroxyl groups excluding tert-OH is 1. The maximum absolute atomic E-state index is 12.9. The maximum atomic E-state index is 12.9. The van der Waals surface area contributed by atoms with E-state index in [0.717, 1.165) is 25.0 Å². The predicted molar refractivity (Wildman–Crippen MR) is 74.7 cm³/mol. The van der Waals surface area contributed by atoms with Crippen LogP contribution in [0.2, 0.25) is 0 Å². The Morgan fingerprint density at radius 2 is 1.91 bits per heavy atom. The average Bonchev–Trinajstić information content (AvgIpc) is 2.48. The number of nitrogens with one attached hydrogen (secondary N) is 1. The van der Waals surface area contributed by atoms with Crippen molar-refractivity contribution in [2.24, 2.45) is 0 Å². The second-order valence-electron chi connectivity index (χ2n) is 5.40. The van der Waals surface area contributed by atoms with E-state index >= 15 is 0 Å². The first-order chi connectivity index (χ1) is 10.6. The minimum atomic E-state index is -4.83. The van der Waals surface area contributed by atoms with Gasteiger partial charge in [0, 0.05) is 6.04 Å². The van der Waals surface area contributed by atoms with Gasteiger partial charge >= 0.3 is 6.18 Å². The highest BCUT2D eigenvalue weighted by Gasteiger charge is 2.35. The molecule has 0 aromatic heterocycles. The van der Waals surface area contributed by atoms with Crippen LogP contribution in [-0.2, 0) is 16.2 Å². The van der Waals surface area contributed by atoms with Crippen molar-refractivity contribution < 1.29 is 26.7 Å². The molecular formula is C14H15F3N2O3S. The maximum Gasteiger partial charge on any atom is 0.417 e. The van der Waals surface area contributed by atoms with Crippen molar-refractivity contribution in [1.82, 2.24) is 4.72 Å². The number of halogens is 3. The Bertz CT molecular complexity index is 726. The van der Waals surface area contributed by atoms with Crippen molar-refractivity contribution >= 4 is 10.0 Å². The van der Waals surface area contributed by atoms with Gasteiger partial charge in [-0.1, -0.05) is 12.8 Å². The molecule has 2 rings (SSSR count). The second-order valence-corrected chi connectivity index (χ2v) is 7.11. The van der Waals surface area contributed by atoms with Crippen LogP contribution in [0.1, 0.15) is 36.8 Å². The zero-order valence-electron chi connectivity index (χ0n) is 12.0. The molecule has 0 spiro atoms. The monoisotopic (exact) mass is 348 g/mol. The number of aliphatic hydroxyl groups is 1. The van der Waals surface area contributed by atoms with Gasteiger partial charge in [-0.15, -0.1) is 0 Å². The molecule has 2 unspecified atom stereocenters. The summed E-state index contributed by atoms with van der Waals surface area (Å²) in [6.45, 7) is 0. The van der Waals surface area contributed by atoms with Crippen LogP contribution in [0.25, 0.3) is 0 Å². The third-order valence-electron chi connectivity index (χ3n) is 3.76. The fourth-order valence-corrected chi connectivity index (χ4v) is 3.87. The molecule has 1 aliphatic rings. The van der Waals surface area contributed by atoms with E-state index in [4.69, 9.17) is 5.26 Å². The lowest BCUT2D eigenvalue weighted by atomic mass is 9.93. The molecule has 0 heterocycles. The summed E-state index contributed by atoms with van der Waals surface area (Å²) in [5.41, 5.74) is -1.94. The van der Waals surface area contributed by atoms with Crippen LogP contribution in [0.15, 0.2) is 23.1 Å². The van der Waals surface area contributed by atoms with Gasteiger partial charge in [-0.2, -0.15) is 18.4 Å². The third-order valence-corrected chi connectivity index (χ3v) is 5.25. The fraction of sp³-hybridized carbons (Fsp3) is 0.500. The van der Waals surface area contributed by atoms with E-state index in [9.17, 15) is 26.7 Å². The fourth-order valence-electron chi connectivity index (χ4n) is 2.54. The summed E-state index contributed by atoms with van der Waals surface area (Å²) >= 11 is 0. The van der Waals surface area contributed by atoms with Crippen LogP contribution < -0.4 is 4.72 Å². The van der Waals surface area contributed by atoms with Crippen LogP contribution in [0.3, 0.4) is 0 Å². The van der Waals surface area contributed by atoms with Gasteiger partial charge in [0.05, 0.1) is 28.2 Å². The van der Waals surface area contributed by atoms with Gasteiger partial charge in [-0.25, -0.2) is 13.1 Å². The molecule has 2 atom stereocenters. The molecule has 0 radical (unpaired) electrons. The minimum Gasteiger partial charge on any atom is -0.391 e. The van der Waals surface area contributed by atoms with E-state index < -0.39 is 44.4 Å². The Hall–Kier alpha value is -1.63. The normalized spacial score (nSPS) is 22.6. The van der Waals surface area contributed by atoms with E-state index in [0.29, 0.717) is 18.9 Å². The summed E-state index contributed by atoms with van der Waals surface area (Å²) in [6.07, 6.45) is -3.34. The van der Waals surface area contributed by atoms with Gasteiger partial charge in [0.1, 0.15) is 0 Å². The Morgan fingerprint density at radius 1 is 1.26 bits per heavy atom. The molecule has 126 valence electrons. The smallest absolute Gasteiger partial charge is 0.391 e. The largest absolute Gasteiger partial charge is 0.417 e. The van der Waals surface area contributed by atoms with Gasteiger partial charge in [-0.3, -0.25) is 0 Å². The Balaban J connectivity index is 2.35. The number of benzene rings is 1. The van der Waals surface area contributed by atoms with Crippen LogP contribution in [0, 0.1) is 11.3 Å². The van der Waals surface area contributed by atoms with E-state index in [2.05, 4.69) is 4.72 Å². The first kappa shape index (κ1) is 17.7. The van der Waals surface area contributed by atoms with Gasteiger partial charge in [-0.05, 0) is 31.0 Å². The van der Waals surface area contributed by atoms with Crippen LogP contribution in [-0.4, -0.2) is 25.7 Å². The molecule has 0 aliphatic heterocycles. The van der Waals surface area contributed by atoms with Crippen molar-refractivity contribution in [3.63, 3.8) is 0 Å². The average molecular weight is 348 g/mol. The summed E-state index contributed by atoms with van der Waals surface area (Å²) in [5, 5.41) is 18.5. The van der Waals surface area contributed by atoms with Gasteiger partial charge in [0.25, 0.3) is 0 Å². The number of hydrogen-bond donors (Lipinski definition) is 2. The first-order valence-corrected chi connectivity index (χ1v) is 8.45. The Kier molecular flexibility index (Phi) is 4.98. The van der Waals surface area contributed by atoms with E-state index in [1.165, 1.54) is 6.07 Å². The Labute approximate surface area is 131 Å². The molecule has 1 aromatic carbocycles. The van der Waals surface area contributed by atoms with Crippen LogP contribution in [0.5, 0.6) is 0 Å². The lowest BCUT2D eigenvalue weighted by molar-refractivity contribution is -0.137. The first-order valence-electron chi connectivity index (χ1n) is 6.97. The second kappa shape index (κ2) is 6.47. The van der Waals surface area contributed by atoms with Gasteiger partial charge in [0.2, 0.25) is 10.0 Å². The molecule has 2 N–H and O–H groups in total. The van der Waals surface area contributed by atoms with Crippen molar-refractivity contribution in [2.45, 2.75) is 48.9 Å². The van der Waals surface area contributed by atoms with E-state index in [-0.39, 0.29) is 0 Å². The van der Waals surface area contributed by atoms with Crippen molar-refractivity contribution in [3.05, 3.63) is 29.3 Å². The number of rotatable bonds is 3. The third kappa shape index (κ3) is 4.02. The summed E-state index contributed by atoms with van der Waals surface area (Å²) in [5.74, 6) is 0. The predicted octanol–water partition coefficient (Wildman–Crippen LogP) is 2.16. The zero-order chi connectivity index (χ0) is 17.3. The molecule has 1 fully saturated rings. The number of sulfonamides is 1. The van der Waals surface area contributed by atoms with Gasteiger partial charge in [0.15, 0.2) is 0 Å². The number of nitrogens with zero attached hydrogens (tertiary/aromatic N) is 1. The quantitative estimate of drug-likeness (QED) is 0.876. The van der Waals surface area contributed by atoms with Crippen molar-refractivity contribution in [1.29, 1.82) is 5.26 Å². The summed E-state index contributed by atoms with van der Waals surface area (Å²) in [4.78, 5) is -0.582. The van der Waals surface area contributed by atoms with Crippen molar-refractivity contribution in [2.75, 3.05) is 0 Å². The number of alkyl halides is 3. The molecular weight excluding hydrogens is 333 g/mol. The topological polar surface area (TPSA) is 90.2 Å². The number of nitriles is 1. The molecule has 1 aliphatic carbocycles. The standard InChI is InChI=1S/C14H15F3N2O3S/c15-14(16,17)11-7-10(6-5-9(11)8-18)23(21,22)19-12-3-1-2-4-13(12)20/h5-7,12-13,19-20H,1-4H2. The molecule has 1 aromatic rings. The summed E-state index contributed by atoms with van der Waals surface area (Å²) < 4.78 is 65.5. The minimum absolute atomic E-state index is 0.419. The molecule has 23 heavy (non-hydrogen) atoms. The highest BCUT2D eigenvalue weighted by atomic mass is 32.2. The lowest BCUT2D eigenvalue weighted by Gasteiger charge is -2.28. The molecule has 5 nitrogen and oxygen atoms in total. The molecule has 1 saturated carbocycles. The zero-order valence-corrected chi connectivity index (χ0v) is 12.8. The molecule has 0 saturated heterocycles. The van der Waals surface area contributed by atoms with Crippen LogP contribution in [0.4, 0.5) is 13.2 Å². The van der Waals surface area contributed by atoms with E-state index in [1.54, 1.807) is 0 Å². The highest BCUT2D eigenvalue weighted by Crippen LogP contribution is 2.33. The van der Waals surface area contributed by atoms with Gasteiger partial charge < -0.3 is 5.11 Å². The number of hydrogen-bond acceptors (Lipinski definition) is 4. The Morgan fingerprint density at radius 3 is 2.48 bits per heavy atom. The summed E-state index contributed by atoms with van der Waals surface area (Å²) in [7, 11) is -4.22. The summed E-state index contributed by atoms with van der Waals surface area (Å²) in [6, 6.07) is 2.89. The molecule has 0 bridgehead atoms. The molecule has 0 amide bonds.